The number of fused-ring (bicyclic) bond motifs is 1. The van der Waals surface area contributed by atoms with Crippen molar-refractivity contribution in [2.45, 2.75) is 64.6 Å². The Bertz CT molecular complexity index is 1630. The number of aryl methyl sites for hydroxylation is 1. The molecular formula is C33H43ClFN7O3. The fraction of sp³-hybridized carbons (Fsp3) is 0.606. The summed E-state index contributed by atoms with van der Waals surface area (Å²) < 4.78 is 27.3. The van der Waals surface area contributed by atoms with Crippen LogP contribution in [0.1, 0.15) is 50.4 Å². The quantitative estimate of drug-likeness (QED) is 0.362. The van der Waals surface area contributed by atoms with Gasteiger partial charge in [-0.15, -0.1) is 0 Å². The normalized spacial score (nSPS) is 25.5. The van der Waals surface area contributed by atoms with Crippen molar-refractivity contribution in [3.05, 3.63) is 40.9 Å². The highest BCUT2D eigenvalue weighted by Crippen LogP contribution is 2.56. The van der Waals surface area contributed by atoms with Crippen LogP contribution in [-0.2, 0) is 14.3 Å². The number of anilines is 1. The third-order valence-electron chi connectivity index (χ3n) is 10.7. The molecule has 1 spiro atoms. The number of ether oxygens (including phenoxy) is 2. The summed E-state index contributed by atoms with van der Waals surface area (Å²) in [6, 6.07) is 2.23. The van der Waals surface area contributed by atoms with E-state index in [1.807, 2.05) is 19.2 Å². The molecule has 3 aliphatic heterocycles. The third-order valence-corrected chi connectivity index (χ3v) is 11.2. The van der Waals surface area contributed by atoms with Crippen LogP contribution in [0.3, 0.4) is 0 Å². The number of likely N-dealkylation sites (tertiary alicyclic amines) is 1. The van der Waals surface area contributed by atoms with E-state index < -0.39 is 11.7 Å². The Labute approximate surface area is 268 Å². The van der Waals surface area contributed by atoms with Gasteiger partial charge in [-0.3, -0.25) is 19.5 Å². The first-order valence-corrected chi connectivity index (χ1v) is 16.4. The predicted octanol–water partition coefficient (Wildman–Crippen LogP) is 5.05. The number of aromatic amines is 1. The van der Waals surface area contributed by atoms with Crippen molar-refractivity contribution in [1.82, 2.24) is 29.8 Å². The van der Waals surface area contributed by atoms with Crippen LogP contribution in [0, 0.1) is 19.3 Å². The molecule has 5 heterocycles. The molecular weight excluding hydrogens is 597 g/mol. The number of H-pyrrole nitrogens is 1. The number of aromatic nitrogens is 4. The van der Waals surface area contributed by atoms with Crippen LogP contribution in [0.4, 0.5) is 10.2 Å². The topological polar surface area (TPSA) is 91.8 Å². The van der Waals surface area contributed by atoms with Gasteiger partial charge in [-0.1, -0.05) is 25.1 Å². The van der Waals surface area contributed by atoms with E-state index in [1.165, 1.54) is 0 Å². The maximum Gasteiger partial charge on any atom is 0.282 e. The first kappa shape index (κ1) is 30.7. The van der Waals surface area contributed by atoms with Gasteiger partial charge in [0.25, 0.3) is 5.91 Å². The molecule has 1 amide bonds. The molecule has 1 saturated carbocycles. The lowest BCUT2D eigenvalue weighted by atomic mass is 9.60. The molecule has 4 fully saturated rings. The summed E-state index contributed by atoms with van der Waals surface area (Å²) in [5, 5.41) is 14.6. The SMILES string of the molecule is C=C(F)C(=O)N1CC2(CC(n3nc(N4CCN(C[C@@H]5COCCO5)C[C@]4(C)CC)c(-c4c(Cl)c(C)cc5[nH]ncc45)c3C)C2)C1. The fourth-order valence-corrected chi connectivity index (χ4v) is 8.39. The Morgan fingerprint density at radius 2 is 1.98 bits per heavy atom. The van der Waals surface area contributed by atoms with Gasteiger partial charge >= 0.3 is 0 Å². The van der Waals surface area contributed by atoms with E-state index in [-0.39, 0.29) is 23.1 Å². The summed E-state index contributed by atoms with van der Waals surface area (Å²) in [6.07, 6.45) is 4.67. The Morgan fingerprint density at radius 3 is 2.67 bits per heavy atom. The summed E-state index contributed by atoms with van der Waals surface area (Å²) in [4.78, 5) is 18.7. The molecule has 2 atom stereocenters. The zero-order valence-electron chi connectivity index (χ0n) is 26.7. The van der Waals surface area contributed by atoms with Crippen LogP contribution >= 0.6 is 11.6 Å². The smallest absolute Gasteiger partial charge is 0.282 e. The Morgan fingerprint density at radius 1 is 1.20 bits per heavy atom. The van der Waals surface area contributed by atoms with Crippen molar-refractivity contribution in [2.24, 2.45) is 5.41 Å². The number of rotatable bonds is 7. The number of amides is 1. The average Bonchev–Trinajstić information content (AvgIpc) is 3.57. The van der Waals surface area contributed by atoms with Gasteiger partial charge in [0.2, 0.25) is 0 Å². The fourth-order valence-electron chi connectivity index (χ4n) is 8.14. The zero-order chi connectivity index (χ0) is 31.7. The zero-order valence-corrected chi connectivity index (χ0v) is 27.4. The average molecular weight is 640 g/mol. The van der Waals surface area contributed by atoms with Crippen LogP contribution < -0.4 is 4.90 Å². The molecule has 7 rings (SSSR count). The van der Waals surface area contributed by atoms with Crippen molar-refractivity contribution in [2.75, 3.05) is 64.0 Å². The highest BCUT2D eigenvalue weighted by molar-refractivity contribution is 6.36. The number of nitrogens with zero attached hydrogens (tertiary/aromatic N) is 6. The van der Waals surface area contributed by atoms with Crippen LogP contribution in [-0.4, -0.2) is 106 Å². The van der Waals surface area contributed by atoms with Gasteiger partial charge in [-0.2, -0.15) is 10.2 Å². The van der Waals surface area contributed by atoms with E-state index in [2.05, 4.69) is 52.0 Å². The minimum atomic E-state index is -0.891. The molecule has 3 aromatic rings. The van der Waals surface area contributed by atoms with Gasteiger partial charge in [0.05, 0.1) is 54.2 Å². The Kier molecular flexibility index (Phi) is 7.74. The molecule has 45 heavy (non-hydrogen) atoms. The highest BCUT2D eigenvalue weighted by Gasteiger charge is 2.55. The van der Waals surface area contributed by atoms with Gasteiger partial charge in [0.15, 0.2) is 11.6 Å². The second kappa shape index (κ2) is 11.4. The largest absolute Gasteiger partial charge is 0.376 e. The number of hydrogen-bond acceptors (Lipinski definition) is 7. The lowest BCUT2D eigenvalue weighted by Gasteiger charge is -2.58. The van der Waals surface area contributed by atoms with E-state index in [0.717, 1.165) is 84.5 Å². The van der Waals surface area contributed by atoms with Crippen molar-refractivity contribution >= 4 is 34.2 Å². The number of piperazine rings is 1. The number of carbonyl (C=O) groups is 1. The van der Waals surface area contributed by atoms with Gasteiger partial charge in [-0.05, 0) is 51.7 Å². The highest BCUT2D eigenvalue weighted by atomic mass is 35.5. The minimum Gasteiger partial charge on any atom is -0.376 e. The molecule has 1 N–H and O–H groups in total. The van der Waals surface area contributed by atoms with Crippen molar-refractivity contribution in [1.29, 1.82) is 0 Å². The molecule has 12 heteroatoms. The number of benzene rings is 1. The van der Waals surface area contributed by atoms with E-state index >= 15 is 0 Å². The lowest BCUT2D eigenvalue weighted by Crippen LogP contribution is -2.64. The molecule has 0 bridgehead atoms. The second-order valence-electron chi connectivity index (χ2n) is 13.9. The molecule has 242 valence electrons. The summed E-state index contributed by atoms with van der Waals surface area (Å²) >= 11 is 7.16. The van der Waals surface area contributed by atoms with Crippen LogP contribution in [0.5, 0.6) is 0 Å². The predicted molar refractivity (Wildman–Crippen MR) is 172 cm³/mol. The second-order valence-corrected chi connectivity index (χ2v) is 14.3. The monoisotopic (exact) mass is 639 g/mol. The number of carbonyl (C=O) groups excluding carboxylic acids is 1. The molecule has 2 aromatic heterocycles. The molecule has 0 radical (unpaired) electrons. The van der Waals surface area contributed by atoms with Crippen molar-refractivity contribution in [3.63, 3.8) is 0 Å². The Balaban J connectivity index is 1.24. The number of nitrogens with one attached hydrogen (secondary N) is 1. The summed E-state index contributed by atoms with van der Waals surface area (Å²) in [5.74, 6) is -0.538. The number of halogens is 2. The van der Waals surface area contributed by atoms with E-state index in [0.29, 0.717) is 37.9 Å². The molecule has 1 aromatic carbocycles. The number of hydrogen-bond donors (Lipinski definition) is 1. The summed E-state index contributed by atoms with van der Waals surface area (Å²) in [6.45, 7) is 18.5. The van der Waals surface area contributed by atoms with E-state index in [1.54, 1.807) is 4.90 Å². The maximum absolute atomic E-state index is 13.5. The van der Waals surface area contributed by atoms with Crippen LogP contribution in [0.25, 0.3) is 22.0 Å². The maximum atomic E-state index is 13.5. The van der Waals surface area contributed by atoms with Crippen LogP contribution in [0.15, 0.2) is 24.7 Å². The summed E-state index contributed by atoms with van der Waals surface area (Å²) in [5.41, 5.74) is 4.84. The molecule has 3 saturated heterocycles. The third kappa shape index (κ3) is 5.16. The first-order valence-electron chi connectivity index (χ1n) is 16.1. The molecule has 4 aliphatic rings. The van der Waals surface area contributed by atoms with Gasteiger partial charge in [-0.25, -0.2) is 4.39 Å². The standard InChI is InChI=1S/C33H43ClFN7O3/c1-6-32(5)17-39(15-24-16-44-9-10-45-24)7-8-41(32)30-27(28-25-14-36-37-26(25)11-20(2)29(28)34)22(4)42(38-30)23-12-33(13-23)18-40(19-33)31(43)21(3)35/h11,14,23-24H,3,6-10,12-13,15-19H2,1-2,4-5H3,(H,36,37)/t24-,32+/m1/s1. The Hall–Kier alpha value is -2.99. The van der Waals surface area contributed by atoms with E-state index in [9.17, 15) is 9.18 Å². The van der Waals surface area contributed by atoms with Crippen molar-refractivity contribution < 1.29 is 18.7 Å². The molecule has 1 aliphatic carbocycles. The van der Waals surface area contributed by atoms with E-state index in [4.69, 9.17) is 26.2 Å². The minimum absolute atomic E-state index is 0.0156. The van der Waals surface area contributed by atoms with Gasteiger partial charge in [0.1, 0.15) is 0 Å². The summed E-state index contributed by atoms with van der Waals surface area (Å²) in [7, 11) is 0. The van der Waals surface area contributed by atoms with Crippen LogP contribution in [0.2, 0.25) is 5.02 Å². The van der Waals surface area contributed by atoms with Crippen molar-refractivity contribution in [3.8, 4) is 11.1 Å². The molecule has 10 nitrogen and oxygen atoms in total. The first-order chi connectivity index (χ1) is 21.5. The molecule has 0 unspecified atom stereocenters. The van der Waals surface area contributed by atoms with Gasteiger partial charge < -0.3 is 19.3 Å². The van der Waals surface area contributed by atoms with Gasteiger partial charge in [0, 0.05) is 66.9 Å². The lowest BCUT2D eigenvalue weighted by molar-refractivity contribution is -0.151.